The molecule has 82 valence electrons. The lowest BCUT2D eigenvalue weighted by molar-refractivity contribution is 0.445. The van der Waals surface area contributed by atoms with Gasteiger partial charge in [-0.3, -0.25) is 0 Å². The van der Waals surface area contributed by atoms with Gasteiger partial charge >= 0.3 is 0 Å². The van der Waals surface area contributed by atoms with Crippen LogP contribution < -0.4 is 5.32 Å². The van der Waals surface area contributed by atoms with Gasteiger partial charge in [0.05, 0.1) is 0 Å². The number of rotatable bonds is 3. The van der Waals surface area contributed by atoms with Crippen LogP contribution in [0.5, 0.6) is 0 Å². The zero-order chi connectivity index (χ0) is 11.3. The van der Waals surface area contributed by atoms with E-state index in [0.717, 1.165) is 6.54 Å². The lowest BCUT2D eigenvalue weighted by Crippen LogP contribution is -2.36. The van der Waals surface area contributed by atoms with Gasteiger partial charge in [0.1, 0.15) is 0 Å². The fourth-order valence-electron chi connectivity index (χ4n) is 1.29. The predicted octanol–water partition coefficient (Wildman–Crippen LogP) is 3.48. The molecule has 1 aromatic carbocycles. The van der Waals surface area contributed by atoms with Gasteiger partial charge in [-0.2, -0.15) is 0 Å². The van der Waals surface area contributed by atoms with Crippen molar-refractivity contribution in [1.82, 2.24) is 5.32 Å². The topological polar surface area (TPSA) is 12.0 Å². The molecule has 0 fully saturated rings. The molecule has 0 atom stereocenters. The summed E-state index contributed by atoms with van der Waals surface area (Å²) in [6.45, 7) is 9.65. The third kappa shape index (κ3) is 5.38. The lowest BCUT2D eigenvalue weighted by atomic mass is 10.1. The average Bonchev–Trinajstić information content (AvgIpc) is 2.15. The van der Waals surface area contributed by atoms with Crippen LogP contribution in [0.4, 0.5) is 0 Å². The first-order valence-electron chi connectivity index (χ1n) is 5.45. The molecule has 0 unspecified atom stereocenters. The molecule has 0 aliphatic heterocycles. The summed E-state index contributed by atoms with van der Waals surface area (Å²) < 4.78 is 0. The van der Waals surface area contributed by atoms with Crippen molar-refractivity contribution < 1.29 is 0 Å². The van der Waals surface area contributed by atoms with E-state index in [2.05, 4.69) is 63.4 Å². The van der Waals surface area contributed by atoms with Crippen molar-refractivity contribution in [1.29, 1.82) is 0 Å². The number of nitrogens with one attached hydrogen (secondary N) is 1. The third-order valence-electron chi connectivity index (χ3n) is 2.11. The van der Waals surface area contributed by atoms with Gasteiger partial charge in [-0.1, -0.05) is 42.0 Å². The van der Waals surface area contributed by atoms with E-state index >= 15 is 0 Å². The Bertz CT molecular complexity index is 317. The summed E-state index contributed by atoms with van der Waals surface area (Å²) in [7, 11) is 0. The van der Waals surface area contributed by atoms with Gasteiger partial charge in [-0.15, -0.1) is 0 Å². The average molecular weight is 203 g/mol. The Morgan fingerprint density at radius 2 is 1.80 bits per heavy atom. The minimum Gasteiger partial charge on any atom is -0.308 e. The number of hydrogen-bond acceptors (Lipinski definition) is 1. The van der Waals surface area contributed by atoms with Crippen LogP contribution in [0.15, 0.2) is 35.9 Å². The van der Waals surface area contributed by atoms with E-state index in [1.165, 1.54) is 11.1 Å². The van der Waals surface area contributed by atoms with Crippen molar-refractivity contribution in [3.8, 4) is 0 Å². The van der Waals surface area contributed by atoms with Crippen molar-refractivity contribution in [2.45, 2.75) is 33.2 Å². The first-order chi connectivity index (χ1) is 6.97. The zero-order valence-corrected chi connectivity index (χ0v) is 10.2. The van der Waals surface area contributed by atoms with Crippen molar-refractivity contribution in [2.75, 3.05) is 6.54 Å². The second-order valence-electron chi connectivity index (χ2n) is 5.00. The molecule has 0 heterocycles. The molecule has 0 aromatic heterocycles. The Kier molecular flexibility index (Phi) is 4.10. The Morgan fingerprint density at radius 1 is 1.20 bits per heavy atom. The predicted molar refractivity (Wildman–Crippen MR) is 67.8 cm³/mol. The minimum absolute atomic E-state index is 0.186. The van der Waals surface area contributed by atoms with Crippen LogP contribution in [0, 0.1) is 0 Å². The van der Waals surface area contributed by atoms with Crippen LogP contribution in [0.3, 0.4) is 0 Å². The van der Waals surface area contributed by atoms with Gasteiger partial charge in [-0.05, 0) is 33.3 Å². The molecule has 15 heavy (non-hydrogen) atoms. The van der Waals surface area contributed by atoms with Crippen molar-refractivity contribution in [3.05, 3.63) is 41.5 Å². The summed E-state index contributed by atoms with van der Waals surface area (Å²) in [5, 5.41) is 3.47. The summed E-state index contributed by atoms with van der Waals surface area (Å²) in [6.07, 6.45) is 2.22. The molecule has 0 spiro atoms. The molecule has 0 saturated heterocycles. The summed E-state index contributed by atoms with van der Waals surface area (Å²) >= 11 is 0. The molecule has 1 heteroatoms. The van der Waals surface area contributed by atoms with Gasteiger partial charge in [-0.25, -0.2) is 0 Å². The van der Waals surface area contributed by atoms with Crippen LogP contribution in [-0.2, 0) is 0 Å². The summed E-state index contributed by atoms with van der Waals surface area (Å²) in [6, 6.07) is 10.4. The smallest absolute Gasteiger partial charge is 0.0170 e. The molecule has 0 amide bonds. The Labute approximate surface area is 93.2 Å². The first kappa shape index (κ1) is 12.0. The minimum atomic E-state index is 0.186. The fourth-order valence-corrected chi connectivity index (χ4v) is 1.29. The van der Waals surface area contributed by atoms with E-state index in [4.69, 9.17) is 0 Å². The standard InChI is InChI=1S/C14H21N/c1-12(11-15-14(2,3)4)10-13-8-6-5-7-9-13/h5-10,15H,11H2,1-4H3/b12-10-. The highest BCUT2D eigenvalue weighted by Crippen LogP contribution is 2.06. The van der Waals surface area contributed by atoms with E-state index in [1.54, 1.807) is 0 Å². The third-order valence-corrected chi connectivity index (χ3v) is 2.11. The molecule has 1 aromatic rings. The summed E-state index contributed by atoms with van der Waals surface area (Å²) in [4.78, 5) is 0. The maximum absolute atomic E-state index is 3.47. The van der Waals surface area contributed by atoms with Crippen molar-refractivity contribution in [3.63, 3.8) is 0 Å². The van der Waals surface area contributed by atoms with E-state index in [-0.39, 0.29) is 5.54 Å². The Balaban J connectivity index is 2.54. The Hall–Kier alpha value is -1.08. The van der Waals surface area contributed by atoms with Crippen LogP contribution in [0.1, 0.15) is 33.3 Å². The number of benzene rings is 1. The highest BCUT2D eigenvalue weighted by Gasteiger charge is 2.07. The fraction of sp³-hybridized carbons (Fsp3) is 0.429. The van der Waals surface area contributed by atoms with Gasteiger partial charge in [0.2, 0.25) is 0 Å². The van der Waals surface area contributed by atoms with E-state index in [0.29, 0.717) is 0 Å². The molecule has 1 N–H and O–H groups in total. The SMILES string of the molecule is C/C(=C/c1ccccc1)CNC(C)(C)C. The molecule has 1 rings (SSSR count). The first-order valence-corrected chi connectivity index (χ1v) is 5.45. The van der Waals surface area contributed by atoms with Gasteiger partial charge in [0, 0.05) is 12.1 Å². The van der Waals surface area contributed by atoms with E-state index < -0.39 is 0 Å². The van der Waals surface area contributed by atoms with Gasteiger partial charge < -0.3 is 5.32 Å². The molecule has 0 saturated carbocycles. The van der Waals surface area contributed by atoms with Crippen LogP contribution in [-0.4, -0.2) is 12.1 Å². The van der Waals surface area contributed by atoms with Crippen LogP contribution in [0.2, 0.25) is 0 Å². The quantitative estimate of drug-likeness (QED) is 0.793. The maximum Gasteiger partial charge on any atom is 0.0170 e. The van der Waals surface area contributed by atoms with Crippen molar-refractivity contribution >= 4 is 6.08 Å². The van der Waals surface area contributed by atoms with Gasteiger partial charge in [0.15, 0.2) is 0 Å². The van der Waals surface area contributed by atoms with Crippen molar-refractivity contribution in [2.24, 2.45) is 0 Å². The van der Waals surface area contributed by atoms with Crippen LogP contribution >= 0.6 is 0 Å². The van der Waals surface area contributed by atoms with E-state index in [9.17, 15) is 0 Å². The highest BCUT2D eigenvalue weighted by atomic mass is 14.9. The summed E-state index contributed by atoms with van der Waals surface area (Å²) in [5.74, 6) is 0. The molecule has 0 aliphatic rings. The Morgan fingerprint density at radius 3 is 2.33 bits per heavy atom. The second-order valence-corrected chi connectivity index (χ2v) is 5.00. The molecule has 1 nitrogen and oxygen atoms in total. The maximum atomic E-state index is 3.47. The normalized spacial score (nSPS) is 12.9. The number of hydrogen-bond donors (Lipinski definition) is 1. The molecular weight excluding hydrogens is 182 g/mol. The second kappa shape index (κ2) is 5.13. The van der Waals surface area contributed by atoms with E-state index in [1.807, 2.05) is 6.07 Å². The summed E-state index contributed by atoms with van der Waals surface area (Å²) in [5.41, 5.74) is 2.81. The highest BCUT2D eigenvalue weighted by molar-refractivity contribution is 5.52. The largest absolute Gasteiger partial charge is 0.308 e. The lowest BCUT2D eigenvalue weighted by Gasteiger charge is -2.20. The van der Waals surface area contributed by atoms with Gasteiger partial charge in [0.25, 0.3) is 0 Å². The van der Waals surface area contributed by atoms with Crippen LogP contribution in [0.25, 0.3) is 6.08 Å². The molecule has 0 radical (unpaired) electrons. The zero-order valence-electron chi connectivity index (χ0n) is 10.2. The monoisotopic (exact) mass is 203 g/mol. The molecule has 0 bridgehead atoms. The molecule has 0 aliphatic carbocycles. The molecular formula is C14H21N.